The molecule has 0 saturated heterocycles. The zero-order valence-corrected chi connectivity index (χ0v) is 25.3. The summed E-state index contributed by atoms with van der Waals surface area (Å²) >= 11 is 0. The van der Waals surface area contributed by atoms with Crippen molar-refractivity contribution in [1.82, 2.24) is 15.0 Å². The molecule has 0 amide bonds. The molecule has 0 atom stereocenters. The monoisotopic (exact) mass is 601 g/mol. The summed E-state index contributed by atoms with van der Waals surface area (Å²) in [5, 5.41) is 4.62. The number of benzene rings is 6. The maximum Gasteiger partial charge on any atom is 0.160 e. The minimum atomic E-state index is 0.679. The van der Waals surface area contributed by atoms with Gasteiger partial charge in [-0.15, -0.1) is 0 Å². The molecule has 3 aromatic heterocycles. The molecule has 0 aliphatic heterocycles. The van der Waals surface area contributed by atoms with Crippen LogP contribution in [0, 0.1) is 0 Å². The first-order chi connectivity index (χ1) is 23.3. The highest BCUT2D eigenvalue weighted by atomic mass is 16.3. The Labute approximate surface area is 271 Å². The molecular weight excluding hydrogens is 574 g/mol. The van der Waals surface area contributed by atoms with Crippen molar-refractivity contribution in [2.75, 3.05) is 0 Å². The van der Waals surface area contributed by atoms with Crippen molar-refractivity contribution in [3.8, 4) is 56.2 Å². The standard InChI is InChI=1S/C43H27N3O/c1-2-10-30(11-3-1)43-45-39(29-19-21-44-22-20-29)27-40(46-43)34-24-32(23-33(25-34)36-15-8-12-28-9-4-5-13-35(28)36)31-17-18-42-38(26-31)37-14-6-7-16-41(37)47-42/h1-27H. The van der Waals surface area contributed by atoms with E-state index in [9.17, 15) is 0 Å². The van der Waals surface area contributed by atoms with Crippen molar-refractivity contribution in [3.05, 3.63) is 164 Å². The fourth-order valence-electron chi connectivity index (χ4n) is 6.46. The fraction of sp³-hybridized carbons (Fsp3) is 0. The number of aromatic nitrogens is 3. The van der Waals surface area contributed by atoms with Gasteiger partial charge < -0.3 is 4.42 Å². The van der Waals surface area contributed by atoms with Gasteiger partial charge >= 0.3 is 0 Å². The molecule has 0 unspecified atom stereocenters. The Bertz CT molecular complexity index is 2510. The average Bonchev–Trinajstić information content (AvgIpc) is 3.53. The first kappa shape index (κ1) is 27.0. The summed E-state index contributed by atoms with van der Waals surface area (Å²) in [5.74, 6) is 0.679. The van der Waals surface area contributed by atoms with Gasteiger partial charge in [0.1, 0.15) is 11.2 Å². The van der Waals surface area contributed by atoms with Gasteiger partial charge in [0.25, 0.3) is 0 Å². The predicted octanol–water partition coefficient (Wildman–Crippen LogP) is 11.3. The zero-order valence-electron chi connectivity index (χ0n) is 25.3. The third-order valence-corrected chi connectivity index (χ3v) is 8.77. The molecule has 0 aliphatic carbocycles. The summed E-state index contributed by atoms with van der Waals surface area (Å²) in [6.45, 7) is 0. The molecule has 0 fully saturated rings. The molecule has 9 aromatic rings. The van der Waals surface area contributed by atoms with E-state index in [2.05, 4.69) is 114 Å². The van der Waals surface area contributed by atoms with E-state index in [1.807, 2.05) is 42.5 Å². The van der Waals surface area contributed by atoms with Crippen LogP contribution in [0.1, 0.15) is 0 Å². The summed E-state index contributed by atoms with van der Waals surface area (Å²) in [5.41, 5.74) is 10.9. The Morgan fingerprint density at radius 1 is 0.383 bits per heavy atom. The topological polar surface area (TPSA) is 51.8 Å². The van der Waals surface area contributed by atoms with Gasteiger partial charge in [-0.3, -0.25) is 4.98 Å². The minimum absolute atomic E-state index is 0.679. The van der Waals surface area contributed by atoms with Gasteiger partial charge in [0.15, 0.2) is 5.82 Å². The molecule has 0 N–H and O–H groups in total. The maximum absolute atomic E-state index is 6.17. The molecule has 4 heteroatoms. The smallest absolute Gasteiger partial charge is 0.160 e. The molecular formula is C43H27N3O. The number of pyridine rings is 1. The molecule has 47 heavy (non-hydrogen) atoms. The highest BCUT2D eigenvalue weighted by molar-refractivity contribution is 6.06. The average molecular weight is 602 g/mol. The molecule has 0 saturated carbocycles. The van der Waals surface area contributed by atoms with Crippen molar-refractivity contribution in [2.24, 2.45) is 0 Å². The number of hydrogen-bond donors (Lipinski definition) is 0. The van der Waals surface area contributed by atoms with Crippen LogP contribution in [0.4, 0.5) is 0 Å². The second kappa shape index (κ2) is 11.2. The third-order valence-electron chi connectivity index (χ3n) is 8.77. The lowest BCUT2D eigenvalue weighted by molar-refractivity contribution is 0.669. The zero-order chi connectivity index (χ0) is 31.2. The van der Waals surface area contributed by atoms with Crippen molar-refractivity contribution in [2.45, 2.75) is 0 Å². The summed E-state index contributed by atoms with van der Waals surface area (Å²) in [6.07, 6.45) is 3.60. The molecule has 0 radical (unpaired) electrons. The van der Waals surface area contributed by atoms with Gasteiger partial charge in [-0.2, -0.15) is 0 Å². The molecule has 3 heterocycles. The Morgan fingerprint density at radius 2 is 1.06 bits per heavy atom. The first-order valence-electron chi connectivity index (χ1n) is 15.7. The van der Waals surface area contributed by atoms with E-state index < -0.39 is 0 Å². The van der Waals surface area contributed by atoms with Crippen LogP contribution in [0.3, 0.4) is 0 Å². The van der Waals surface area contributed by atoms with E-state index >= 15 is 0 Å². The summed E-state index contributed by atoms with van der Waals surface area (Å²) in [7, 11) is 0. The Kier molecular flexibility index (Phi) is 6.43. The summed E-state index contributed by atoms with van der Waals surface area (Å²) in [4.78, 5) is 14.4. The number of nitrogens with zero attached hydrogens (tertiary/aromatic N) is 3. The first-order valence-corrected chi connectivity index (χ1v) is 15.7. The maximum atomic E-state index is 6.17. The predicted molar refractivity (Wildman–Crippen MR) is 192 cm³/mol. The van der Waals surface area contributed by atoms with E-state index in [1.54, 1.807) is 12.4 Å². The Morgan fingerprint density at radius 3 is 1.94 bits per heavy atom. The second-order valence-electron chi connectivity index (χ2n) is 11.7. The van der Waals surface area contributed by atoms with E-state index in [0.717, 1.165) is 66.7 Å². The Balaban J connectivity index is 1.30. The summed E-state index contributed by atoms with van der Waals surface area (Å²) in [6, 6.07) is 52.7. The summed E-state index contributed by atoms with van der Waals surface area (Å²) < 4.78 is 6.17. The van der Waals surface area contributed by atoms with Crippen LogP contribution in [0.2, 0.25) is 0 Å². The number of para-hydroxylation sites is 1. The van der Waals surface area contributed by atoms with Crippen LogP contribution < -0.4 is 0 Å². The number of furan rings is 1. The van der Waals surface area contributed by atoms with Gasteiger partial charge in [0.2, 0.25) is 0 Å². The van der Waals surface area contributed by atoms with Crippen LogP contribution in [-0.4, -0.2) is 15.0 Å². The quantitative estimate of drug-likeness (QED) is 0.197. The molecule has 4 nitrogen and oxygen atoms in total. The van der Waals surface area contributed by atoms with E-state index in [4.69, 9.17) is 14.4 Å². The van der Waals surface area contributed by atoms with Crippen LogP contribution in [-0.2, 0) is 0 Å². The minimum Gasteiger partial charge on any atom is -0.456 e. The van der Waals surface area contributed by atoms with Gasteiger partial charge in [0, 0.05) is 39.9 Å². The van der Waals surface area contributed by atoms with Gasteiger partial charge in [-0.25, -0.2) is 9.97 Å². The van der Waals surface area contributed by atoms with Crippen molar-refractivity contribution in [1.29, 1.82) is 0 Å². The van der Waals surface area contributed by atoms with E-state index in [1.165, 1.54) is 16.3 Å². The van der Waals surface area contributed by atoms with Crippen LogP contribution >= 0.6 is 0 Å². The molecule has 220 valence electrons. The number of hydrogen-bond acceptors (Lipinski definition) is 4. The Hall–Kier alpha value is -6.39. The third kappa shape index (κ3) is 4.93. The van der Waals surface area contributed by atoms with Gasteiger partial charge in [-0.05, 0) is 87.6 Å². The largest absolute Gasteiger partial charge is 0.456 e. The van der Waals surface area contributed by atoms with E-state index in [0.29, 0.717) is 5.82 Å². The lowest BCUT2D eigenvalue weighted by atomic mass is 9.91. The van der Waals surface area contributed by atoms with E-state index in [-0.39, 0.29) is 0 Å². The number of rotatable bonds is 5. The lowest BCUT2D eigenvalue weighted by Crippen LogP contribution is -1.96. The van der Waals surface area contributed by atoms with Gasteiger partial charge in [0.05, 0.1) is 11.4 Å². The van der Waals surface area contributed by atoms with Crippen molar-refractivity contribution >= 4 is 32.7 Å². The number of fused-ring (bicyclic) bond motifs is 4. The van der Waals surface area contributed by atoms with Crippen LogP contribution in [0.15, 0.2) is 168 Å². The van der Waals surface area contributed by atoms with Crippen molar-refractivity contribution in [3.63, 3.8) is 0 Å². The van der Waals surface area contributed by atoms with Gasteiger partial charge in [-0.1, -0.05) is 97.1 Å². The molecule has 0 spiro atoms. The van der Waals surface area contributed by atoms with Crippen LogP contribution in [0.25, 0.3) is 88.9 Å². The SMILES string of the molecule is c1ccc(-c2nc(-c3ccncc3)cc(-c3cc(-c4ccc5oc6ccccc6c5c4)cc(-c4cccc5ccccc45)c3)n2)cc1. The molecule has 6 aromatic carbocycles. The highest BCUT2D eigenvalue weighted by Crippen LogP contribution is 2.38. The van der Waals surface area contributed by atoms with Crippen molar-refractivity contribution < 1.29 is 4.42 Å². The normalized spacial score (nSPS) is 11.4. The van der Waals surface area contributed by atoms with Crippen LogP contribution in [0.5, 0.6) is 0 Å². The molecule has 9 rings (SSSR count). The fourth-order valence-corrected chi connectivity index (χ4v) is 6.46. The second-order valence-corrected chi connectivity index (χ2v) is 11.7. The highest BCUT2D eigenvalue weighted by Gasteiger charge is 2.15. The molecule has 0 aliphatic rings. The lowest BCUT2D eigenvalue weighted by Gasteiger charge is -2.14. The molecule has 0 bridgehead atoms.